The number of aliphatic imine (C=N–C) groups is 1. The van der Waals surface area contributed by atoms with Gasteiger partial charge in [-0.1, -0.05) is 37.5 Å². The summed E-state index contributed by atoms with van der Waals surface area (Å²) in [7, 11) is 0. The van der Waals surface area contributed by atoms with Crippen molar-refractivity contribution in [2.75, 3.05) is 5.32 Å². The second-order valence-corrected chi connectivity index (χ2v) is 5.77. The molecule has 1 N–H and O–H groups in total. The Labute approximate surface area is 131 Å². The largest absolute Gasteiger partial charge is 0.340 e. The highest BCUT2D eigenvalue weighted by atomic mass is 19.1. The molecule has 0 spiro atoms. The van der Waals surface area contributed by atoms with Crippen molar-refractivity contribution in [3.63, 3.8) is 0 Å². The Morgan fingerprint density at radius 1 is 0.909 bits per heavy atom. The van der Waals surface area contributed by atoms with E-state index in [0.717, 1.165) is 29.9 Å². The van der Waals surface area contributed by atoms with Gasteiger partial charge in [0.25, 0.3) is 0 Å². The van der Waals surface area contributed by atoms with Crippen LogP contribution in [0.2, 0.25) is 0 Å². The summed E-state index contributed by atoms with van der Waals surface area (Å²) in [6.45, 7) is 0. The fraction of sp³-hybridized carbons (Fsp3) is 0.316. The molecule has 114 valence electrons. The number of hydrogen-bond acceptors (Lipinski definition) is 1. The number of benzene rings is 2. The minimum absolute atomic E-state index is 0.222. The van der Waals surface area contributed by atoms with Crippen LogP contribution in [0.1, 0.15) is 37.7 Å². The molecule has 3 rings (SSSR count). The lowest BCUT2D eigenvalue weighted by Gasteiger charge is -2.20. The maximum atomic E-state index is 13.2. The van der Waals surface area contributed by atoms with Gasteiger partial charge < -0.3 is 5.32 Å². The third kappa shape index (κ3) is 3.94. The van der Waals surface area contributed by atoms with Crippen LogP contribution in [0.4, 0.5) is 10.1 Å². The van der Waals surface area contributed by atoms with Gasteiger partial charge >= 0.3 is 0 Å². The number of para-hydroxylation sites is 1. The number of amidine groups is 1. The lowest BCUT2D eigenvalue weighted by molar-refractivity contribution is 0.443. The first kappa shape index (κ1) is 14.8. The van der Waals surface area contributed by atoms with Gasteiger partial charge in [-0.15, -0.1) is 0 Å². The first-order valence-corrected chi connectivity index (χ1v) is 7.97. The van der Waals surface area contributed by atoms with Gasteiger partial charge in [-0.25, -0.2) is 4.39 Å². The van der Waals surface area contributed by atoms with Gasteiger partial charge in [0.2, 0.25) is 0 Å². The Morgan fingerprint density at radius 2 is 1.59 bits per heavy atom. The average Bonchev–Trinajstić information content (AvgIpc) is 2.57. The molecule has 0 atom stereocenters. The Bertz CT molecular complexity index is 614. The minimum atomic E-state index is -0.222. The van der Waals surface area contributed by atoms with E-state index in [-0.39, 0.29) is 5.82 Å². The summed E-state index contributed by atoms with van der Waals surface area (Å²) in [6, 6.07) is 16.9. The molecule has 2 nitrogen and oxygen atoms in total. The molecule has 0 aliphatic heterocycles. The highest BCUT2D eigenvalue weighted by Gasteiger charge is 2.14. The SMILES string of the molecule is Fc1ccc(C(=NC2CCCCC2)Nc2ccccc2)cc1. The van der Waals surface area contributed by atoms with Crippen LogP contribution >= 0.6 is 0 Å². The number of rotatable bonds is 3. The van der Waals surface area contributed by atoms with Crippen LogP contribution in [0.25, 0.3) is 0 Å². The predicted molar refractivity (Wildman–Crippen MR) is 89.9 cm³/mol. The van der Waals surface area contributed by atoms with Gasteiger partial charge in [-0.05, 0) is 49.2 Å². The summed E-state index contributed by atoms with van der Waals surface area (Å²) < 4.78 is 13.2. The van der Waals surface area contributed by atoms with Crippen molar-refractivity contribution >= 4 is 11.5 Å². The molecular formula is C19H21FN2. The van der Waals surface area contributed by atoms with Crippen molar-refractivity contribution in [2.24, 2.45) is 4.99 Å². The standard InChI is InChI=1S/C19H21FN2/c20-16-13-11-15(12-14-16)19(21-17-7-3-1-4-8-17)22-18-9-5-2-6-10-18/h1,3-4,7-8,11-14,18H,2,5-6,9-10H2,(H,21,22). The third-order valence-electron chi connectivity index (χ3n) is 4.04. The maximum Gasteiger partial charge on any atom is 0.133 e. The van der Waals surface area contributed by atoms with Gasteiger partial charge in [0.05, 0.1) is 6.04 Å². The van der Waals surface area contributed by atoms with E-state index in [1.807, 2.05) is 30.3 Å². The monoisotopic (exact) mass is 296 g/mol. The van der Waals surface area contributed by atoms with Crippen LogP contribution in [0, 0.1) is 5.82 Å². The van der Waals surface area contributed by atoms with Crippen molar-refractivity contribution in [2.45, 2.75) is 38.1 Å². The summed E-state index contributed by atoms with van der Waals surface area (Å²) in [5.41, 5.74) is 1.93. The van der Waals surface area contributed by atoms with Crippen LogP contribution in [0.5, 0.6) is 0 Å². The van der Waals surface area contributed by atoms with Gasteiger partial charge in [-0.2, -0.15) is 0 Å². The van der Waals surface area contributed by atoms with Crippen molar-refractivity contribution in [1.29, 1.82) is 0 Å². The molecule has 0 saturated heterocycles. The molecule has 1 aliphatic carbocycles. The normalized spacial score (nSPS) is 16.5. The zero-order valence-electron chi connectivity index (χ0n) is 12.6. The van der Waals surface area contributed by atoms with Crippen LogP contribution in [0.15, 0.2) is 59.6 Å². The molecular weight excluding hydrogens is 275 g/mol. The molecule has 0 amide bonds. The summed E-state index contributed by atoms with van der Waals surface area (Å²) >= 11 is 0. The first-order valence-electron chi connectivity index (χ1n) is 7.97. The Kier molecular flexibility index (Phi) is 4.84. The van der Waals surface area contributed by atoms with E-state index in [1.54, 1.807) is 12.1 Å². The van der Waals surface area contributed by atoms with E-state index in [4.69, 9.17) is 4.99 Å². The van der Waals surface area contributed by atoms with Gasteiger partial charge in [0, 0.05) is 11.3 Å². The van der Waals surface area contributed by atoms with Crippen molar-refractivity contribution in [1.82, 2.24) is 0 Å². The third-order valence-corrected chi connectivity index (χ3v) is 4.04. The Morgan fingerprint density at radius 3 is 2.27 bits per heavy atom. The zero-order valence-corrected chi connectivity index (χ0v) is 12.6. The lowest BCUT2D eigenvalue weighted by atomic mass is 9.96. The fourth-order valence-corrected chi connectivity index (χ4v) is 2.84. The minimum Gasteiger partial charge on any atom is -0.340 e. The maximum absolute atomic E-state index is 13.2. The molecule has 0 radical (unpaired) electrons. The molecule has 0 heterocycles. The van der Waals surface area contributed by atoms with Crippen molar-refractivity contribution in [3.05, 3.63) is 66.0 Å². The van der Waals surface area contributed by atoms with Crippen molar-refractivity contribution < 1.29 is 4.39 Å². The Balaban J connectivity index is 1.87. The van der Waals surface area contributed by atoms with E-state index in [2.05, 4.69) is 5.32 Å². The molecule has 0 aromatic heterocycles. The average molecular weight is 296 g/mol. The molecule has 3 heteroatoms. The highest BCUT2D eigenvalue weighted by Crippen LogP contribution is 2.21. The predicted octanol–water partition coefficient (Wildman–Crippen LogP) is 5.02. The summed E-state index contributed by atoms with van der Waals surface area (Å²) in [5, 5.41) is 3.39. The molecule has 0 bridgehead atoms. The molecule has 2 aromatic carbocycles. The van der Waals surface area contributed by atoms with E-state index >= 15 is 0 Å². The van der Waals surface area contributed by atoms with Crippen LogP contribution in [-0.2, 0) is 0 Å². The number of halogens is 1. The van der Waals surface area contributed by atoms with Gasteiger partial charge in [0.15, 0.2) is 0 Å². The van der Waals surface area contributed by atoms with E-state index in [9.17, 15) is 4.39 Å². The molecule has 1 saturated carbocycles. The molecule has 1 aliphatic rings. The fourth-order valence-electron chi connectivity index (χ4n) is 2.84. The number of anilines is 1. The lowest BCUT2D eigenvalue weighted by Crippen LogP contribution is -2.19. The van der Waals surface area contributed by atoms with Crippen LogP contribution < -0.4 is 5.32 Å². The van der Waals surface area contributed by atoms with E-state index in [0.29, 0.717) is 6.04 Å². The molecule has 2 aromatic rings. The quantitative estimate of drug-likeness (QED) is 0.624. The number of hydrogen-bond donors (Lipinski definition) is 1. The zero-order chi connectivity index (χ0) is 15.2. The smallest absolute Gasteiger partial charge is 0.133 e. The summed E-state index contributed by atoms with van der Waals surface area (Å²) in [4.78, 5) is 4.91. The van der Waals surface area contributed by atoms with Crippen LogP contribution in [0.3, 0.4) is 0 Å². The van der Waals surface area contributed by atoms with Crippen molar-refractivity contribution in [3.8, 4) is 0 Å². The van der Waals surface area contributed by atoms with Gasteiger partial charge in [-0.3, -0.25) is 4.99 Å². The number of nitrogens with one attached hydrogen (secondary N) is 1. The number of nitrogens with zero attached hydrogens (tertiary/aromatic N) is 1. The van der Waals surface area contributed by atoms with Gasteiger partial charge in [0.1, 0.15) is 11.7 Å². The molecule has 0 unspecified atom stereocenters. The highest BCUT2D eigenvalue weighted by molar-refractivity contribution is 6.08. The molecule has 22 heavy (non-hydrogen) atoms. The first-order chi connectivity index (χ1) is 10.8. The summed E-state index contributed by atoms with van der Waals surface area (Å²) in [6.07, 6.45) is 6.08. The van der Waals surface area contributed by atoms with E-state index in [1.165, 1.54) is 31.4 Å². The molecule has 1 fully saturated rings. The van der Waals surface area contributed by atoms with Crippen LogP contribution in [-0.4, -0.2) is 11.9 Å². The summed E-state index contributed by atoms with van der Waals surface area (Å²) in [5.74, 6) is 0.610. The van der Waals surface area contributed by atoms with E-state index < -0.39 is 0 Å². The second kappa shape index (κ2) is 7.21. The Hall–Kier alpha value is -2.16. The second-order valence-electron chi connectivity index (χ2n) is 5.77. The topological polar surface area (TPSA) is 24.4 Å².